The Hall–Kier alpha value is -2.94. The lowest BCUT2D eigenvalue weighted by molar-refractivity contribution is 0.0911. The third-order valence-electron chi connectivity index (χ3n) is 4.62. The highest BCUT2D eigenvalue weighted by Crippen LogP contribution is 2.29. The van der Waals surface area contributed by atoms with Gasteiger partial charge < -0.3 is 15.4 Å². The largest absolute Gasteiger partial charge is 0.394 e. The lowest BCUT2D eigenvalue weighted by Crippen LogP contribution is -2.31. The summed E-state index contributed by atoms with van der Waals surface area (Å²) < 4.78 is 0. The van der Waals surface area contributed by atoms with Crippen molar-refractivity contribution in [1.29, 1.82) is 0 Å². The number of aromatic nitrogens is 3. The van der Waals surface area contributed by atoms with E-state index in [4.69, 9.17) is 16.4 Å². The lowest BCUT2D eigenvalue weighted by atomic mass is 10.1. The molecule has 0 bridgehead atoms. The van der Waals surface area contributed by atoms with Crippen LogP contribution in [0, 0.1) is 13.8 Å². The molecule has 0 saturated heterocycles. The van der Waals surface area contributed by atoms with Crippen LogP contribution in [0.1, 0.15) is 40.3 Å². The number of hydrogen-bond donors (Lipinski definition) is 4. The molecule has 3 aromatic rings. The van der Waals surface area contributed by atoms with Crippen LogP contribution in [-0.4, -0.2) is 39.2 Å². The maximum absolute atomic E-state index is 12.9. The molecule has 2 heterocycles. The number of anilines is 1. The zero-order valence-corrected chi connectivity index (χ0v) is 17.7. The smallest absolute Gasteiger partial charge is 0.268 e. The van der Waals surface area contributed by atoms with Gasteiger partial charge in [0.05, 0.1) is 24.9 Å². The van der Waals surface area contributed by atoms with Gasteiger partial charge in [0.25, 0.3) is 5.91 Å². The van der Waals surface area contributed by atoms with E-state index in [1.54, 1.807) is 36.5 Å². The fourth-order valence-corrected chi connectivity index (χ4v) is 3.43. The number of aromatic amines is 1. The number of halogens is 1. The Morgan fingerprint density at radius 2 is 2.13 bits per heavy atom. The molecule has 3 rings (SSSR count). The Morgan fingerprint density at radius 1 is 1.33 bits per heavy atom. The summed E-state index contributed by atoms with van der Waals surface area (Å²) in [5.41, 5.74) is 6.81. The Balaban J connectivity index is 1.87. The number of hydrogen-bond acceptors (Lipinski definition) is 6. The minimum atomic E-state index is -0.580. The number of aliphatic hydroxyl groups is 1. The van der Waals surface area contributed by atoms with Crippen molar-refractivity contribution in [3.8, 4) is 11.3 Å². The monoisotopic (exact) mass is 429 g/mol. The maximum atomic E-state index is 12.9. The van der Waals surface area contributed by atoms with Crippen LogP contribution in [-0.2, 0) is 4.84 Å². The predicted molar refractivity (Wildman–Crippen MR) is 115 cm³/mol. The van der Waals surface area contributed by atoms with Crippen molar-refractivity contribution in [2.24, 2.45) is 0 Å². The van der Waals surface area contributed by atoms with Crippen molar-refractivity contribution >= 4 is 23.5 Å². The van der Waals surface area contributed by atoms with E-state index in [1.807, 2.05) is 20.8 Å². The summed E-state index contributed by atoms with van der Waals surface area (Å²) in [7, 11) is 0. The maximum Gasteiger partial charge on any atom is 0.268 e. The first kappa shape index (κ1) is 21.8. The van der Waals surface area contributed by atoms with Crippen molar-refractivity contribution in [2.75, 3.05) is 18.7 Å². The van der Waals surface area contributed by atoms with E-state index in [1.165, 1.54) is 0 Å². The van der Waals surface area contributed by atoms with Gasteiger partial charge in [-0.2, -0.15) is 0 Å². The zero-order valence-electron chi connectivity index (χ0n) is 17.0. The second-order valence-electron chi connectivity index (χ2n) is 6.69. The van der Waals surface area contributed by atoms with E-state index >= 15 is 0 Å². The van der Waals surface area contributed by atoms with Crippen LogP contribution in [0.15, 0.2) is 36.5 Å². The van der Waals surface area contributed by atoms with E-state index in [0.717, 1.165) is 22.4 Å². The van der Waals surface area contributed by atoms with E-state index < -0.39 is 6.04 Å². The first-order valence-corrected chi connectivity index (χ1v) is 9.90. The van der Waals surface area contributed by atoms with Gasteiger partial charge in [-0.25, -0.2) is 15.4 Å². The van der Waals surface area contributed by atoms with E-state index in [9.17, 15) is 9.90 Å². The van der Waals surface area contributed by atoms with E-state index in [2.05, 4.69) is 25.7 Å². The number of benzene rings is 1. The molecule has 0 radical (unpaired) electrons. The SMILES string of the molecule is CCONc1nccc(-c2c(C)[nH]c(C(=O)N[C@H](CO)c3cccc(Cl)c3)c2C)n1. The number of aliphatic hydroxyl groups excluding tert-OH is 1. The first-order chi connectivity index (χ1) is 14.4. The molecular weight excluding hydrogens is 406 g/mol. The molecule has 1 aromatic carbocycles. The first-order valence-electron chi connectivity index (χ1n) is 9.52. The van der Waals surface area contributed by atoms with Gasteiger partial charge in [-0.3, -0.25) is 9.63 Å². The van der Waals surface area contributed by atoms with E-state index in [-0.39, 0.29) is 12.5 Å². The third kappa shape index (κ3) is 4.79. The number of rotatable bonds is 8. The quantitative estimate of drug-likeness (QED) is 0.407. The van der Waals surface area contributed by atoms with Gasteiger partial charge in [0, 0.05) is 22.5 Å². The van der Waals surface area contributed by atoms with Crippen molar-refractivity contribution in [3.63, 3.8) is 0 Å². The van der Waals surface area contributed by atoms with Crippen molar-refractivity contribution < 1.29 is 14.7 Å². The molecule has 8 nitrogen and oxygen atoms in total. The molecule has 1 amide bonds. The van der Waals surface area contributed by atoms with Crippen molar-refractivity contribution in [1.82, 2.24) is 20.3 Å². The number of H-pyrrole nitrogens is 1. The van der Waals surface area contributed by atoms with Gasteiger partial charge in [-0.05, 0) is 50.1 Å². The van der Waals surface area contributed by atoms with Crippen molar-refractivity contribution in [2.45, 2.75) is 26.8 Å². The van der Waals surface area contributed by atoms with Gasteiger partial charge in [0.1, 0.15) is 5.69 Å². The summed E-state index contributed by atoms with van der Waals surface area (Å²) in [6.07, 6.45) is 1.62. The standard InChI is InChI=1S/C21H24ClN5O3/c1-4-30-27-21-23-9-8-16(26-21)18-12(2)19(24-13(18)3)20(29)25-17(11-28)14-6-5-7-15(22)10-14/h5-10,17,24,28H,4,11H2,1-3H3,(H,25,29)(H,23,26,27)/t17-/m1/s1. The summed E-state index contributed by atoms with van der Waals surface area (Å²) in [5.74, 6) is 0.00393. The van der Waals surface area contributed by atoms with Crippen LogP contribution < -0.4 is 10.8 Å². The van der Waals surface area contributed by atoms with Crippen LogP contribution >= 0.6 is 11.6 Å². The average molecular weight is 430 g/mol. The summed E-state index contributed by atoms with van der Waals surface area (Å²) >= 11 is 6.03. The molecule has 0 saturated carbocycles. The molecule has 0 aliphatic heterocycles. The Kier molecular flexibility index (Phi) is 7.04. The highest BCUT2D eigenvalue weighted by molar-refractivity contribution is 6.30. The lowest BCUT2D eigenvalue weighted by Gasteiger charge is -2.17. The van der Waals surface area contributed by atoms with Gasteiger partial charge in [-0.15, -0.1) is 0 Å². The van der Waals surface area contributed by atoms with Crippen LogP contribution in [0.25, 0.3) is 11.3 Å². The zero-order chi connectivity index (χ0) is 21.7. The number of carbonyl (C=O) groups excluding carboxylic acids is 1. The predicted octanol–water partition coefficient (Wildman–Crippen LogP) is 3.57. The molecule has 0 fully saturated rings. The molecule has 30 heavy (non-hydrogen) atoms. The number of carbonyl (C=O) groups is 1. The summed E-state index contributed by atoms with van der Waals surface area (Å²) in [4.78, 5) is 29.8. The molecule has 0 spiro atoms. The summed E-state index contributed by atoms with van der Waals surface area (Å²) in [5, 5.41) is 13.2. The second kappa shape index (κ2) is 9.71. The van der Waals surface area contributed by atoms with Crippen LogP contribution in [0.3, 0.4) is 0 Å². The minimum Gasteiger partial charge on any atom is -0.394 e. The Bertz CT molecular complexity index is 1040. The fraction of sp³-hybridized carbons (Fsp3) is 0.286. The number of nitrogens with zero attached hydrogens (tertiary/aromatic N) is 2. The normalized spacial score (nSPS) is 11.9. The molecule has 2 aromatic heterocycles. The molecule has 4 N–H and O–H groups in total. The van der Waals surface area contributed by atoms with Crippen LogP contribution in [0.5, 0.6) is 0 Å². The van der Waals surface area contributed by atoms with Gasteiger partial charge >= 0.3 is 0 Å². The highest BCUT2D eigenvalue weighted by atomic mass is 35.5. The summed E-state index contributed by atoms with van der Waals surface area (Å²) in [6.45, 7) is 5.79. The molecule has 1 atom stereocenters. The number of nitrogens with one attached hydrogen (secondary N) is 3. The molecule has 0 aliphatic rings. The van der Waals surface area contributed by atoms with Gasteiger partial charge in [0.2, 0.25) is 5.95 Å². The summed E-state index contributed by atoms with van der Waals surface area (Å²) in [6, 6.07) is 8.22. The number of aryl methyl sites for hydroxylation is 1. The van der Waals surface area contributed by atoms with Crippen LogP contribution in [0.4, 0.5) is 5.95 Å². The van der Waals surface area contributed by atoms with Crippen LogP contribution in [0.2, 0.25) is 5.02 Å². The Labute approximate surface area is 179 Å². The minimum absolute atomic E-state index is 0.254. The van der Waals surface area contributed by atoms with Gasteiger partial charge in [0.15, 0.2) is 0 Å². The fourth-order valence-electron chi connectivity index (χ4n) is 3.23. The van der Waals surface area contributed by atoms with E-state index in [0.29, 0.717) is 29.0 Å². The highest BCUT2D eigenvalue weighted by Gasteiger charge is 2.22. The third-order valence-corrected chi connectivity index (χ3v) is 4.86. The molecular formula is C21H24ClN5O3. The molecule has 0 unspecified atom stereocenters. The molecule has 158 valence electrons. The second-order valence-corrected chi connectivity index (χ2v) is 7.13. The topological polar surface area (TPSA) is 112 Å². The van der Waals surface area contributed by atoms with Gasteiger partial charge in [-0.1, -0.05) is 23.7 Å². The Morgan fingerprint density at radius 3 is 2.83 bits per heavy atom. The average Bonchev–Trinajstić information content (AvgIpc) is 3.04. The molecule has 0 aliphatic carbocycles. The number of amides is 1. The molecule has 9 heteroatoms. The van der Waals surface area contributed by atoms with Crippen molar-refractivity contribution in [3.05, 3.63) is 64.1 Å².